The van der Waals surface area contributed by atoms with E-state index in [9.17, 15) is 9.18 Å². The minimum absolute atomic E-state index is 0.385. The van der Waals surface area contributed by atoms with Gasteiger partial charge in [0.2, 0.25) is 0 Å². The molecule has 7 nitrogen and oxygen atoms in total. The highest BCUT2D eigenvalue weighted by Gasteiger charge is 2.16. The van der Waals surface area contributed by atoms with Gasteiger partial charge >= 0.3 is 6.09 Å². The molecule has 2 heterocycles. The number of hydrogen-bond donors (Lipinski definition) is 2. The lowest BCUT2D eigenvalue weighted by atomic mass is 10.2. The largest absolute Gasteiger partial charge is 0.457 e. The number of carbonyl (C=O) groups is 1. The van der Waals surface area contributed by atoms with E-state index in [1.165, 1.54) is 6.20 Å². The average Bonchev–Trinajstić information content (AvgIpc) is 3.11. The van der Waals surface area contributed by atoms with Crippen molar-refractivity contribution < 1.29 is 18.7 Å². The summed E-state index contributed by atoms with van der Waals surface area (Å²) in [5, 5.41) is 2.66. The molecule has 2 N–H and O–H groups in total. The van der Waals surface area contributed by atoms with E-state index in [1.54, 1.807) is 63.4 Å². The van der Waals surface area contributed by atoms with Crippen molar-refractivity contribution in [3.8, 4) is 23.0 Å². The predicted molar refractivity (Wildman–Crippen MR) is 103 cm³/mol. The Hall–Kier alpha value is -3.42. The van der Waals surface area contributed by atoms with E-state index < -0.39 is 18.4 Å². The van der Waals surface area contributed by atoms with Crippen molar-refractivity contribution in [3.05, 3.63) is 54.5 Å². The van der Waals surface area contributed by atoms with Crippen molar-refractivity contribution in [2.45, 2.75) is 33.0 Å². The van der Waals surface area contributed by atoms with Crippen LogP contribution in [-0.4, -0.2) is 26.6 Å². The van der Waals surface area contributed by atoms with Crippen LogP contribution in [0.1, 0.15) is 26.5 Å². The number of nitrogens with zero attached hydrogens (tertiary/aromatic N) is 2. The van der Waals surface area contributed by atoms with Gasteiger partial charge in [-0.3, -0.25) is 10.3 Å². The van der Waals surface area contributed by atoms with Gasteiger partial charge in [-0.2, -0.15) is 0 Å². The zero-order chi connectivity index (χ0) is 20.1. The summed E-state index contributed by atoms with van der Waals surface area (Å²) in [5.41, 5.74) is 0.952. The van der Waals surface area contributed by atoms with Crippen molar-refractivity contribution in [1.82, 2.24) is 15.0 Å². The Morgan fingerprint density at radius 3 is 2.54 bits per heavy atom. The van der Waals surface area contributed by atoms with Crippen LogP contribution in [-0.2, 0) is 11.4 Å². The van der Waals surface area contributed by atoms with Gasteiger partial charge in [0.05, 0.1) is 11.9 Å². The summed E-state index contributed by atoms with van der Waals surface area (Å²) in [6.07, 6.45) is 2.49. The number of rotatable bonds is 5. The number of ether oxygens (including phenoxy) is 2. The van der Waals surface area contributed by atoms with Crippen LogP contribution >= 0.6 is 0 Å². The number of benzene rings is 1. The Bertz CT molecular complexity index is 949. The van der Waals surface area contributed by atoms with Crippen molar-refractivity contribution in [1.29, 1.82) is 0 Å². The third-order valence-corrected chi connectivity index (χ3v) is 3.48. The second kappa shape index (κ2) is 8.08. The highest BCUT2D eigenvalue weighted by Crippen LogP contribution is 2.26. The van der Waals surface area contributed by atoms with Gasteiger partial charge in [-0.15, -0.1) is 0 Å². The molecule has 0 bridgehead atoms. The third-order valence-electron chi connectivity index (χ3n) is 3.48. The summed E-state index contributed by atoms with van der Waals surface area (Å²) < 4.78 is 23.7. The molecule has 28 heavy (non-hydrogen) atoms. The normalized spacial score (nSPS) is 11.1. The number of alkyl halides is 1. The van der Waals surface area contributed by atoms with Crippen molar-refractivity contribution in [2.75, 3.05) is 5.32 Å². The van der Waals surface area contributed by atoms with E-state index in [0.717, 1.165) is 0 Å². The van der Waals surface area contributed by atoms with E-state index in [-0.39, 0.29) is 0 Å². The molecule has 8 heteroatoms. The van der Waals surface area contributed by atoms with Crippen LogP contribution in [0.3, 0.4) is 0 Å². The molecule has 0 radical (unpaired) electrons. The number of pyridine rings is 1. The number of H-pyrrole nitrogens is 1. The first-order chi connectivity index (χ1) is 13.3. The summed E-state index contributed by atoms with van der Waals surface area (Å²) in [6.45, 7) is 4.78. The molecule has 146 valence electrons. The lowest BCUT2D eigenvalue weighted by Gasteiger charge is -2.19. The topological polar surface area (TPSA) is 89.1 Å². The average molecular weight is 384 g/mol. The van der Waals surface area contributed by atoms with Crippen LogP contribution < -0.4 is 10.1 Å². The Morgan fingerprint density at radius 2 is 1.89 bits per heavy atom. The van der Waals surface area contributed by atoms with E-state index in [0.29, 0.717) is 34.4 Å². The first kappa shape index (κ1) is 19.3. The van der Waals surface area contributed by atoms with E-state index in [1.807, 2.05) is 0 Å². The fraction of sp³-hybridized carbons (Fsp3) is 0.250. The van der Waals surface area contributed by atoms with Gasteiger partial charge in [-0.05, 0) is 51.1 Å². The molecule has 2 aromatic heterocycles. The number of halogens is 1. The number of amides is 1. The summed E-state index contributed by atoms with van der Waals surface area (Å²) in [7, 11) is 0. The molecule has 0 fully saturated rings. The van der Waals surface area contributed by atoms with Gasteiger partial charge in [0.15, 0.2) is 5.82 Å². The number of anilines is 1. The molecule has 1 amide bonds. The van der Waals surface area contributed by atoms with E-state index in [2.05, 4.69) is 20.3 Å². The fourth-order valence-electron chi connectivity index (χ4n) is 2.33. The van der Waals surface area contributed by atoms with Gasteiger partial charge in [0.25, 0.3) is 0 Å². The van der Waals surface area contributed by atoms with Crippen LogP contribution in [0.4, 0.5) is 14.9 Å². The molecule has 1 aromatic carbocycles. The predicted octanol–water partition coefficient (Wildman–Crippen LogP) is 5.08. The van der Waals surface area contributed by atoms with Crippen LogP contribution in [0.5, 0.6) is 11.5 Å². The number of imidazole rings is 1. The monoisotopic (exact) mass is 384 g/mol. The summed E-state index contributed by atoms with van der Waals surface area (Å²) in [6, 6.07) is 10.3. The number of aromatic nitrogens is 3. The maximum atomic E-state index is 12.7. The Labute approximate surface area is 161 Å². The summed E-state index contributed by atoms with van der Waals surface area (Å²) >= 11 is 0. The Balaban J connectivity index is 1.66. The quantitative estimate of drug-likeness (QED) is 0.640. The first-order valence-electron chi connectivity index (χ1n) is 8.66. The highest BCUT2D eigenvalue weighted by atomic mass is 19.1. The highest BCUT2D eigenvalue weighted by molar-refractivity contribution is 5.84. The van der Waals surface area contributed by atoms with Gasteiger partial charge in [-0.25, -0.2) is 14.2 Å². The van der Waals surface area contributed by atoms with Crippen LogP contribution in [0.15, 0.2) is 48.8 Å². The maximum absolute atomic E-state index is 12.7. The van der Waals surface area contributed by atoms with Crippen LogP contribution in [0.2, 0.25) is 0 Å². The molecule has 0 spiro atoms. The van der Waals surface area contributed by atoms with Gasteiger partial charge < -0.3 is 14.5 Å². The van der Waals surface area contributed by atoms with Crippen molar-refractivity contribution in [3.63, 3.8) is 0 Å². The second-order valence-corrected chi connectivity index (χ2v) is 7.02. The number of hydrogen-bond acceptors (Lipinski definition) is 5. The molecule has 0 unspecified atom stereocenters. The Kier molecular flexibility index (Phi) is 5.58. The van der Waals surface area contributed by atoms with E-state index in [4.69, 9.17) is 9.47 Å². The molecular formula is C20H21FN4O3. The summed E-state index contributed by atoms with van der Waals surface area (Å²) in [5.74, 6) is 1.60. The van der Waals surface area contributed by atoms with Gasteiger partial charge in [-0.1, -0.05) is 0 Å². The molecule has 0 aliphatic rings. The minimum Gasteiger partial charge on any atom is -0.457 e. The molecule has 0 aliphatic carbocycles. The zero-order valence-corrected chi connectivity index (χ0v) is 15.8. The second-order valence-electron chi connectivity index (χ2n) is 7.02. The van der Waals surface area contributed by atoms with Gasteiger partial charge in [0.1, 0.15) is 29.5 Å². The smallest absolute Gasteiger partial charge is 0.412 e. The van der Waals surface area contributed by atoms with Crippen LogP contribution in [0.25, 0.3) is 11.5 Å². The minimum atomic E-state index is -0.618. The van der Waals surface area contributed by atoms with Crippen LogP contribution in [0, 0.1) is 0 Å². The number of carbonyl (C=O) groups excluding carboxylic acids is 1. The zero-order valence-electron chi connectivity index (χ0n) is 15.8. The SMILES string of the molecule is CC(C)(C)OC(=O)Nc1ccc(Oc2ccnc(-c3ncc(CF)[nH]3)c2)cc1. The van der Waals surface area contributed by atoms with Crippen molar-refractivity contribution >= 4 is 11.8 Å². The molecule has 0 saturated heterocycles. The lowest BCUT2D eigenvalue weighted by molar-refractivity contribution is 0.0636. The van der Waals surface area contributed by atoms with E-state index >= 15 is 0 Å². The Morgan fingerprint density at radius 1 is 1.14 bits per heavy atom. The molecule has 3 rings (SSSR count). The maximum Gasteiger partial charge on any atom is 0.412 e. The summed E-state index contributed by atoms with van der Waals surface area (Å²) in [4.78, 5) is 23.0. The molecular weight excluding hydrogens is 363 g/mol. The van der Waals surface area contributed by atoms with Gasteiger partial charge in [0, 0.05) is 18.0 Å². The standard InChI is InChI=1S/C20H21FN4O3/c1-20(2,3)28-19(26)25-13-4-6-15(7-5-13)27-16-8-9-22-17(10-16)18-23-12-14(11-21)24-18/h4-10,12H,11H2,1-3H3,(H,23,24)(H,25,26). The molecule has 0 atom stereocenters. The van der Waals surface area contributed by atoms with Crippen molar-refractivity contribution in [2.24, 2.45) is 0 Å². The molecule has 0 saturated carbocycles. The first-order valence-corrected chi connectivity index (χ1v) is 8.66. The lowest BCUT2D eigenvalue weighted by Crippen LogP contribution is -2.27. The fourth-order valence-corrected chi connectivity index (χ4v) is 2.33. The number of nitrogens with one attached hydrogen (secondary N) is 2. The molecule has 0 aliphatic heterocycles. The molecule has 3 aromatic rings. The third kappa shape index (κ3) is 5.29. The number of aromatic amines is 1.